The molecule has 2 rings (SSSR count). The van der Waals surface area contributed by atoms with Gasteiger partial charge in [-0.3, -0.25) is 4.90 Å². The average Bonchev–Trinajstić information content (AvgIpc) is 2.76. The predicted octanol–water partition coefficient (Wildman–Crippen LogP) is 0.957. The molecule has 2 fully saturated rings. The summed E-state index contributed by atoms with van der Waals surface area (Å²) < 4.78 is 24.2. The van der Waals surface area contributed by atoms with Crippen molar-refractivity contribution in [3.05, 3.63) is 0 Å². The molecule has 1 aliphatic heterocycles. The molecule has 6 heteroatoms. The summed E-state index contributed by atoms with van der Waals surface area (Å²) >= 11 is 1.72. The molecule has 3 atom stereocenters. The van der Waals surface area contributed by atoms with E-state index >= 15 is 0 Å². The highest BCUT2D eigenvalue weighted by molar-refractivity contribution is 8.01. The van der Waals surface area contributed by atoms with Gasteiger partial charge in [0.1, 0.15) is 5.37 Å². The Hall–Kier alpha value is 0.220. The second-order valence-corrected chi connectivity index (χ2v) is 8.83. The maximum atomic E-state index is 12.1. The number of nitrogens with zero attached hydrogens (tertiary/aromatic N) is 1. The minimum atomic E-state index is -3.01. The maximum Gasteiger partial charge on any atom is 0.166 e. The van der Waals surface area contributed by atoms with Gasteiger partial charge in [-0.25, -0.2) is 8.42 Å². The second kappa shape index (κ2) is 6.11. The molecule has 0 radical (unpaired) electrons. The summed E-state index contributed by atoms with van der Waals surface area (Å²) in [5.41, 5.74) is 0. The summed E-state index contributed by atoms with van der Waals surface area (Å²) in [4.78, 5) is 2.09. The molecule has 4 nitrogen and oxygen atoms in total. The normalized spacial score (nSPS) is 34.9. The lowest BCUT2D eigenvalue weighted by atomic mass is 10.1. The summed E-state index contributed by atoms with van der Waals surface area (Å²) in [6, 6.07) is 0. The van der Waals surface area contributed by atoms with Crippen molar-refractivity contribution < 1.29 is 13.5 Å². The SMILES string of the molecule is CCS(=O)(=O)C1CSCCN1CC1CCCC1O. The van der Waals surface area contributed by atoms with Crippen LogP contribution in [0.15, 0.2) is 0 Å². The Bertz CT molecular complexity index is 372. The van der Waals surface area contributed by atoms with E-state index < -0.39 is 9.84 Å². The molecule has 1 saturated heterocycles. The first-order valence-corrected chi connectivity index (χ1v) is 9.63. The average molecular weight is 293 g/mol. The zero-order valence-corrected chi connectivity index (χ0v) is 12.5. The van der Waals surface area contributed by atoms with Gasteiger partial charge >= 0.3 is 0 Å². The Balaban J connectivity index is 2.04. The molecule has 1 saturated carbocycles. The maximum absolute atomic E-state index is 12.1. The van der Waals surface area contributed by atoms with Crippen LogP contribution >= 0.6 is 11.8 Å². The van der Waals surface area contributed by atoms with Crippen LogP contribution in [-0.2, 0) is 9.84 Å². The third-order valence-corrected chi connectivity index (χ3v) is 7.43. The van der Waals surface area contributed by atoms with Gasteiger partial charge in [0.25, 0.3) is 0 Å². The Labute approximate surface area is 114 Å². The van der Waals surface area contributed by atoms with E-state index in [2.05, 4.69) is 4.90 Å². The molecular formula is C12H23NO3S2. The lowest BCUT2D eigenvalue weighted by molar-refractivity contribution is 0.101. The van der Waals surface area contributed by atoms with Gasteiger partial charge in [-0.05, 0) is 18.8 Å². The molecule has 0 aromatic heterocycles. The molecule has 0 bridgehead atoms. The number of rotatable bonds is 4. The molecule has 0 amide bonds. The van der Waals surface area contributed by atoms with E-state index in [0.29, 0.717) is 5.75 Å². The van der Waals surface area contributed by atoms with Crippen LogP contribution in [0.3, 0.4) is 0 Å². The fraction of sp³-hybridized carbons (Fsp3) is 1.00. The van der Waals surface area contributed by atoms with Crippen molar-refractivity contribution in [3.63, 3.8) is 0 Å². The smallest absolute Gasteiger partial charge is 0.166 e. The van der Waals surface area contributed by atoms with Crippen LogP contribution in [0, 0.1) is 5.92 Å². The first-order valence-electron chi connectivity index (χ1n) is 6.76. The molecule has 0 aromatic carbocycles. The van der Waals surface area contributed by atoms with E-state index in [1.165, 1.54) is 0 Å². The molecule has 1 aliphatic carbocycles. The number of thioether (sulfide) groups is 1. The van der Waals surface area contributed by atoms with Gasteiger partial charge in [0.15, 0.2) is 9.84 Å². The van der Waals surface area contributed by atoms with Crippen molar-refractivity contribution in [2.75, 3.05) is 30.3 Å². The predicted molar refractivity (Wildman–Crippen MR) is 75.5 cm³/mol. The van der Waals surface area contributed by atoms with Crippen LogP contribution in [0.5, 0.6) is 0 Å². The molecule has 1 heterocycles. The number of hydrogen-bond acceptors (Lipinski definition) is 5. The van der Waals surface area contributed by atoms with Crippen molar-refractivity contribution in [2.24, 2.45) is 5.92 Å². The van der Waals surface area contributed by atoms with E-state index in [1.807, 2.05) is 0 Å². The highest BCUT2D eigenvalue weighted by Gasteiger charge is 2.36. The largest absolute Gasteiger partial charge is 0.393 e. The Morgan fingerprint density at radius 3 is 2.78 bits per heavy atom. The number of aliphatic hydroxyl groups excluding tert-OH is 1. The van der Waals surface area contributed by atoms with Gasteiger partial charge in [-0.2, -0.15) is 11.8 Å². The van der Waals surface area contributed by atoms with Crippen molar-refractivity contribution in [2.45, 2.75) is 37.7 Å². The molecule has 2 aliphatic rings. The third kappa shape index (κ3) is 3.21. The quantitative estimate of drug-likeness (QED) is 0.836. The van der Waals surface area contributed by atoms with E-state index in [0.717, 1.165) is 38.1 Å². The fourth-order valence-corrected chi connectivity index (χ4v) is 5.97. The van der Waals surface area contributed by atoms with Gasteiger partial charge in [-0.15, -0.1) is 0 Å². The monoisotopic (exact) mass is 293 g/mol. The van der Waals surface area contributed by atoms with E-state index in [1.54, 1.807) is 18.7 Å². The van der Waals surface area contributed by atoms with E-state index in [4.69, 9.17) is 0 Å². The van der Waals surface area contributed by atoms with Crippen molar-refractivity contribution in [1.29, 1.82) is 0 Å². The zero-order valence-electron chi connectivity index (χ0n) is 10.9. The summed E-state index contributed by atoms with van der Waals surface area (Å²) in [6.07, 6.45) is 2.74. The summed E-state index contributed by atoms with van der Waals surface area (Å²) in [5, 5.41) is 9.55. The van der Waals surface area contributed by atoms with Gasteiger partial charge in [0, 0.05) is 30.3 Å². The minimum absolute atomic E-state index is 0.210. The molecule has 106 valence electrons. The lowest BCUT2D eigenvalue weighted by Crippen LogP contribution is -2.50. The van der Waals surface area contributed by atoms with E-state index in [9.17, 15) is 13.5 Å². The minimum Gasteiger partial charge on any atom is -0.393 e. The number of aliphatic hydroxyl groups is 1. The van der Waals surface area contributed by atoms with Crippen LogP contribution in [0.25, 0.3) is 0 Å². The van der Waals surface area contributed by atoms with Crippen LogP contribution in [0.2, 0.25) is 0 Å². The van der Waals surface area contributed by atoms with Gasteiger partial charge in [0.2, 0.25) is 0 Å². The first kappa shape index (κ1) is 14.6. The molecule has 18 heavy (non-hydrogen) atoms. The number of hydrogen-bond donors (Lipinski definition) is 1. The van der Waals surface area contributed by atoms with Crippen LogP contribution in [0.4, 0.5) is 0 Å². The van der Waals surface area contributed by atoms with Crippen molar-refractivity contribution in [3.8, 4) is 0 Å². The van der Waals surface area contributed by atoms with E-state index in [-0.39, 0.29) is 23.1 Å². The summed E-state index contributed by atoms with van der Waals surface area (Å²) in [5.74, 6) is 2.15. The second-order valence-electron chi connectivity index (χ2n) is 5.23. The lowest BCUT2D eigenvalue weighted by Gasteiger charge is -2.36. The van der Waals surface area contributed by atoms with Crippen molar-refractivity contribution >= 4 is 21.6 Å². The van der Waals surface area contributed by atoms with Gasteiger partial charge in [0.05, 0.1) is 6.10 Å². The highest BCUT2D eigenvalue weighted by atomic mass is 32.2. The first-order chi connectivity index (χ1) is 8.54. The fourth-order valence-electron chi connectivity index (χ4n) is 2.88. The Morgan fingerprint density at radius 2 is 2.17 bits per heavy atom. The Morgan fingerprint density at radius 1 is 1.39 bits per heavy atom. The molecule has 0 aromatic rings. The third-order valence-electron chi connectivity index (χ3n) is 4.10. The number of sulfone groups is 1. The summed E-state index contributed by atoms with van der Waals surface area (Å²) in [7, 11) is -3.01. The van der Waals surface area contributed by atoms with Gasteiger partial charge < -0.3 is 5.11 Å². The van der Waals surface area contributed by atoms with Crippen molar-refractivity contribution in [1.82, 2.24) is 4.90 Å². The molecule has 3 unspecified atom stereocenters. The van der Waals surface area contributed by atoms with Gasteiger partial charge in [-0.1, -0.05) is 13.3 Å². The molecular weight excluding hydrogens is 270 g/mol. The highest BCUT2D eigenvalue weighted by Crippen LogP contribution is 2.29. The molecule has 0 spiro atoms. The molecule has 1 N–H and O–H groups in total. The standard InChI is InChI=1S/C12H23NO3S2/c1-2-18(15,16)12-9-17-7-6-13(12)8-10-4-3-5-11(10)14/h10-12,14H,2-9H2,1H3. The zero-order chi connectivity index (χ0) is 13.2. The van der Waals surface area contributed by atoms with Crippen LogP contribution in [-0.4, -0.2) is 60.3 Å². The Kier molecular flexibility index (Phi) is 4.97. The topological polar surface area (TPSA) is 57.6 Å². The van der Waals surface area contributed by atoms with Crippen LogP contribution in [0.1, 0.15) is 26.2 Å². The van der Waals surface area contributed by atoms with Crippen LogP contribution < -0.4 is 0 Å². The summed E-state index contributed by atoms with van der Waals surface area (Å²) in [6.45, 7) is 3.29.